The average molecular weight is 300 g/mol. The molecule has 2 nitrogen and oxygen atoms in total. The summed E-state index contributed by atoms with van der Waals surface area (Å²) in [6.45, 7) is 8.83. The Hall–Kier alpha value is -1.02. The SMILES string of the molecule is C=C1CC2[C@@H]3CC=C4C=C(O)CC[C@]4(C)C3CC[C@]2(C)[C@H]1O. The van der Waals surface area contributed by atoms with Crippen LogP contribution in [0.25, 0.3) is 0 Å². The van der Waals surface area contributed by atoms with Crippen LogP contribution >= 0.6 is 0 Å². The molecule has 4 aliphatic carbocycles. The van der Waals surface area contributed by atoms with Gasteiger partial charge in [0.2, 0.25) is 0 Å². The lowest BCUT2D eigenvalue weighted by atomic mass is 9.48. The van der Waals surface area contributed by atoms with Gasteiger partial charge < -0.3 is 10.2 Å². The lowest BCUT2D eigenvalue weighted by Crippen LogP contribution is -2.50. The number of hydrogen-bond acceptors (Lipinski definition) is 2. The third kappa shape index (κ3) is 1.71. The summed E-state index contributed by atoms with van der Waals surface area (Å²) in [5.74, 6) is 2.47. The Morgan fingerprint density at radius 2 is 2.00 bits per heavy atom. The highest BCUT2D eigenvalue weighted by Gasteiger charge is 2.58. The van der Waals surface area contributed by atoms with Crippen molar-refractivity contribution in [3.63, 3.8) is 0 Å². The number of rotatable bonds is 0. The molecule has 0 spiro atoms. The van der Waals surface area contributed by atoms with Crippen molar-refractivity contribution < 1.29 is 10.2 Å². The minimum Gasteiger partial charge on any atom is -0.512 e. The van der Waals surface area contributed by atoms with E-state index in [2.05, 4.69) is 26.5 Å². The second-order valence-corrected chi connectivity index (χ2v) is 8.63. The fourth-order valence-corrected chi connectivity index (χ4v) is 6.24. The molecule has 120 valence electrons. The summed E-state index contributed by atoms with van der Waals surface area (Å²) >= 11 is 0. The van der Waals surface area contributed by atoms with E-state index in [0.29, 0.717) is 23.5 Å². The topological polar surface area (TPSA) is 40.5 Å². The van der Waals surface area contributed by atoms with E-state index in [1.54, 1.807) is 0 Å². The summed E-state index contributed by atoms with van der Waals surface area (Å²) in [6.07, 6.45) is 10.4. The summed E-state index contributed by atoms with van der Waals surface area (Å²) in [4.78, 5) is 0. The van der Waals surface area contributed by atoms with Gasteiger partial charge in [0.15, 0.2) is 0 Å². The molecule has 4 aliphatic rings. The Morgan fingerprint density at radius 1 is 1.23 bits per heavy atom. The van der Waals surface area contributed by atoms with Crippen molar-refractivity contribution in [1.82, 2.24) is 0 Å². The Bertz CT molecular complexity index is 587. The zero-order valence-corrected chi connectivity index (χ0v) is 13.8. The van der Waals surface area contributed by atoms with Crippen LogP contribution in [0.1, 0.15) is 52.4 Å². The fourth-order valence-electron chi connectivity index (χ4n) is 6.24. The fraction of sp³-hybridized carbons (Fsp3) is 0.700. The molecule has 0 aliphatic heterocycles. The lowest BCUT2D eigenvalue weighted by Gasteiger charge is -2.56. The third-order valence-electron chi connectivity index (χ3n) is 7.68. The second kappa shape index (κ2) is 4.50. The smallest absolute Gasteiger partial charge is 0.0925 e. The molecule has 0 amide bonds. The number of fused-ring (bicyclic) bond motifs is 5. The first-order valence-electron chi connectivity index (χ1n) is 8.82. The standard InChI is InChI=1S/C20H28O2/c1-12-10-17-15-5-4-13-11-14(21)6-8-19(13,2)16(15)7-9-20(17,3)18(12)22/h4,11,15-18,21-22H,1,5-10H2,2-3H3/t15-,16?,17?,18+,19+,20+/m1/s1. The number of hydrogen-bond donors (Lipinski definition) is 2. The predicted octanol–water partition coefficient (Wildman–Crippen LogP) is 4.53. The summed E-state index contributed by atoms with van der Waals surface area (Å²) in [5, 5.41) is 20.5. The van der Waals surface area contributed by atoms with Gasteiger partial charge in [-0.1, -0.05) is 26.5 Å². The van der Waals surface area contributed by atoms with Crippen molar-refractivity contribution >= 4 is 0 Å². The summed E-state index contributed by atoms with van der Waals surface area (Å²) in [6, 6.07) is 0. The van der Waals surface area contributed by atoms with Crippen molar-refractivity contribution in [3.8, 4) is 0 Å². The minimum absolute atomic E-state index is 0.0343. The van der Waals surface area contributed by atoms with E-state index in [4.69, 9.17) is 0 Å². The van der Waals surface area contributed by atoms with E-state index in [-0.39, 0.29) is 16.9 Å². The lowest BCUT2D eigenvalue weighted by molar-refractivity contribution is -0.0600. The second-order valence-electron chi connectivity index (χ2n) is 8.63. The summed E-state index contributed by atoms with van der Waals surface area (Å²) < 4.78 is 0. The van der Waals surface area contributed by atoms with Gasteiger partial charge in [-0.15, -0.1) is 0 Å². The van der Waals surface area contributed by atoms with Crippen molar-refractivity contribution in [1.29, 1.82) is 0 Å². The molecule has 2 saturated carbocycles. The highest BCUT2D eigenvalue weighted by molar-refractivity contribution is 5.36. The molecule has 2 fully saturated rings. The maximum atomic E-state index is 10.6. The van der Waals surface area contributed by atoms with Gasteiger partial charge in [0.05, 0.1) is 11.9 Å². The van der Waals surface area contributed by atoms with Crippen molar-refractivity contribution in [2.24, 2.45) is 28.6 Å². The Balaban J connectivity index is 1.73. The van der Waals surface area contributed by atoms with Crippen LogP contribution in [0.15, 0.2) is 35.6 Å². The highest BCUT2D eigenvalue weighted by atomic mass is 16.3. The van der Waals surface area contributed by atoms with Gasteiger partial charge >= 0.3 is 0 Å². The molecule has 0 aromatic heterocycles. The van der Waals surface area contributed by atoms with E-state index in [1.807, 2.05) is 6.08 Å². The van der Waals surface area contributed by atoms with Gasteiger partial charge in [0.25, 0.3) is 0 Å². The van der Waals surface area contributed by atoms with Crippen molar-refractivity contribution in [3.05, 3.63) is 35.6 Å². The maximum absolute atomic E-state index is 10.6. The first-order valence-corrected chi connectivity index (χ1v) is 8.82. The van der Waals surface area contributed by atoms with Gasteiger partial charge in [-0.25, -0.2) is 0 Å². The van der Waals surface area contributed by atoms with E-state index < -0.39 is 0 Å². The van der Waals surface area contributed by atoms with Gasteiger partial charge in [0, 0.05) is 11.8 Å². The molecule has 22 heavy (non-hydrogen) atoms. The largest absolute Gasteiger partial charge is 0.512 e. The van der Waals surface area contributed by atoms with E-state index in [9.17, 15) is 10.2 Å². The zero-order valence-electron chi connectivity index (χ0n) is 13.8. The average Bonchev–Trinajstić information content (AvgIpc) is 2.72. The maximum Gasteiger partial charge on any atom is 0.0925 e. The molecule has 0 heterocycles. The molecule has 0 radical (unpaired) electrons. The summed E-state index contributed by atoms with van der Waals surface area (Å²) in [7, 11) is 0. The molecular weight excluding hydrogens is 272 g/mol. The molecule has 2 N–H and O–H groups in total. The molecule has 0 aromatic rings. The van der Waals surface area contributed by atoms with Crippen LogP contribution in [-0.2, 0) is 0 Å². The molecule has 0 saturated heterocycles. The Labute approximate surface area is 133 Å². The van der Waals surface area contributed by atoms with Crippen LogP contribution < -0.4 is 0 Å². The predicted molar refractivity (Wildman–Crippen MR) is 88.3 cm³/mol. The molecule has 0 aromatic carbocycles. The first kappa shape index (κ1) is 14.6. The molecule has 2 heteroatoms. The van der Waals surface area contributed by atoms with Crippen LogP contribution in [0.3, 0.4) is 0 Å². The van der Waals surface area contributed by atoms with Crippen molar-refractivity contribution in [2.45, 2.75) is 58.5 Å². The van der Waals surface area contributed by atoms with Gasteiger partial charge in [0.1, 0.15) is 0 Å². The van der Waals surface area contributed by atoms with Crippen LogP contribution in [-0.4, -0.2) is 16.3 Å². The van der Waals surface area contributed by atoms with E-state index in [1.165, 1.54) is 12.0 Å². The van der Waals surface area contributed by atoms with Crippen LogP contribution in [0.5, 0.6) is 0 Å². The zero-order chi connectivity index (χ0) is 15.7. The van der Waals surface area contributed by atoms with Crippen LogP contribution in [0.2, 0.25) is 0 Å². The Kier molecular flexibility index (Phi) is 2.98. The molecule has 6 atom stereocenters. The minimum atomic E-state index is -0.313. The monoisotopic (exact) mass is 300 g/mol. The number of aliphatic hydroxyl groups excluding tert-OH is 2. The van der Waals surface area contributed by atoms with Crippen molar-refractivity contribution in [2.75, 3.05) is 0 Å². The van der Waals surface area contributed by atoms with Crippen LogP contribution in [0.4, 0.5) is 0 Å². The molecule has 0 bridgehead atoms. The molecule has 4 rings (SSSR count). The summed E-state index contributed by atoms with van der Waals surface area (Å²) in [5.41, 5.74) is 2.66. The molecule has 2 unspecified atom stereocenters. The normalized spacial score (nSPS) is 50.6. The highest BCUT2D eigenvalue weighted by Crippen LogP contribution is 2.65. The number of aliphatic hydroxyl groups is 2. The molecular formula is C20H28O2. The first-order chi connectivity index (χ1) is 10.4. The van der Waals surface area contributed by atoms with E-state index >= 15 is 0 Å². The van der Waals surface area contributed by atoms with Crippen LogP contribution in [0, 0.1) is 28.6 Å². The quantitative estimate of drug-likeness (QED) is 0.645. The number of allylic oxidation sites excluding steroid dienone is 4. The third-order valence-corrected chi connectivity index (χ3v) is 7.68. The van der Waals surface area contributed by atoms with Gasteiger partial charge in [-0.3, -0.25) is 0 Å². The van der Waals surface area contributed by atoms with Gasteiger partial charge in [-0.2, -0.15) is 0 Å². The Morgan fingerprint density at radius 3 is 2.77 bits per heavy atom. The van der Waals surface area contributed by atoms with Gasteiger partial charge in [-0.05, 0) is 72.5 Å². The van der Waals surface area contributed by atoms with E-state index in [0.717, 1.165) is 37.7 Å².